The molecule has 0 unspecified atom stereocenters. The zero-order valence-corrected chi connectivity index (χ0v) is 25.9. The van der Waals surface area contributed by atoms with Gasteiger partial charge in [0.25, 0.3) is 0 Å². The number of thiophene rings is 1. The zero-order chi connectivity index (χ0) is 29.5. The lowest BCUT2D eigenvalue weighted by atomic mass is 10.0. The highest BCUT2D eigenvalue weighted by atomic mass is 32.2. The molecule has 5 aromatic rings. The Morgan fingerprint density at radius 1 is 0.905 bits per heavy atom. The first-order chi connectivity index (χ1) is 20.4. The van der Waals surface area contributed by atoms with E-state index in [2.05, 4.69) is 46.7 Å². The SMILES string of the molecule is CCOC(=O)c1c(-c2ccc(C)cc2)csc1NC(=O)CSc1nnc(CSc2ccc(C)cc2)n1-c1ccccc1. The second-order valence-electron chi connectivity index (χ2n) is 9.45. The first kappa shape index (κ1) is 29.6. The van der Waals surface area contributed by atoms with Crippen LogP contribution in [0.25, 0.3) is 16.8 Å². The minimum absolute atomic E-state index is 0.0934. The third-order valence-electron chi connectivity index (χ3n) is 6.32. The Kier molecular flexibility index (Phi) is 9.78. The van der Waals surface area contributed by atoms with Crippen molar-refractivity contribution < 1.29 is 14.3 Å². The Morgan fingerprint density at radius 3 is 2.29 bits per heavy atom. The number of thioether (sulfide) groups is 2. The van der Waals surface area contributed by atoms with Gasteiger partial charge in [0.2, 0.25) is 5.91 Å². The maximum absolute atomic E-state index is 13.2. The van der Waals surface area contributed by atoms with E-state index >= 15 is 0 Å². The lowest BCUT2D eigenvalue weighted by Gasteiger charge is -2.11. The number of hydrogen-bond acceptors (Lipinski definition) is 8. The van der Waals surface area contributed by atoms with Gasteiger partial charge in [-0.05, 0) is 50.6 Å². The van der Waals surface area contributed by atoms with Crippen molar-refractivity contribution >= 4 is 51.7 Å². The molecule has 7 nitrogen and oxygen atoms in total. The van der Waals surface area contributed by atoms with Crippen LogP contribution in [-0.2, 0) is 15.3 Å². The molecule has 10 heteroatoms. The monoisotopic (exact) mass is 614 g/mol. The van der Waals surface area contributed by atoms with Crippen LogP contribution < -0.4 is 5.32 Å². The highest BCUT2D eigenvalue weighted by Crippen LogP contribution is 2.37. The smallest absolute Gasteiger partial charge is 0.341 e. The molecule has 0 bridgehead atoms. The topological polar surface area (TPSA) is 86.1 Å². The van der Waals surface area contributed by atoms with Crippen LogP contribution in [0.1, 0.15) is 34.2 Å². The van der Waals surface area contributed by atoms with Gasteiger partial charge in [-0.25, -0.2) is 4.79 Å². The van der Waals surface area contributed by atoms with Gasteiger partial charge in [-0.2, -0.15) is 0 Å². The van der Waals surface area contributed by atoms with Crippen LogP contribution in [0.2, 0.25) is 0 Å². The van der Waals surface area contributed by atoms with Gasteiger partial charge in [0, 0.05) is 21.5 Å². The summed E-state index contributed by atoms with van der Waals surface area (Å²) < 4.78 is 7.33. The number of amides is 1. The van der Waals surface area contributed by atoms with Crippen LogP contribution in [0.4, 0.5) is 5.00 Å². The maximum atomic E-state index is 13.2. The number of carbonyl (C=O) groups excluding carboxylic acids is 2. The predicted octanol–water partition coefficient (Wildman–Crippen LogP) is 7.81. The number of benzene rings is 3. The highest BCUT2D eigenvalue weighted by Gasteiger charge is 2.23. The highest BCUT2D eigenvalue weighted by molar-refractivity contribution is 7.99. The lowest BCUT2D eigenvalue weighted by molar-refractivity contribution is -0.113. The minimum atomic E-state index is -0.461. The van der Waals surface area contributed by atoms with Crippen LogP contribution in [0, 0.1) is 13.8 Å². The summed E-state index contributed by atoms with van der Waals surface area (Å²) >= 11 is 4.30. The molecule has 3 aromatic carbocycles. The number of nitrogens with zero attached hydrogens (tertiary/aromatic N) is 3. The molecule has 1 amide bonds. The van der Waals surface area contributed by atoms with Gasteiger partial charge in [0.1, 0.15) is 16.4 Å². The van der Waals surface area contributed by atoms with E-state index in [4.69, 9.17) is 4.74 Å². The second-order valence-corrected chi connectivity index (χ2v) is 12.3. The number of para-hydroxylation sites is 1. The summed E-state index contributed by atoms with van der Waals surface area (Å²) in [4.78, 5) is 27.2. The molecular weight excluding hydrogens is 585 g/mol. The van der Waals surface area contributed by atoms with Gasteiger partial charge in [-0.15, -0.1) is 33.3 Å². The molecule has 1 N–H and O–H groups in total. The van der Waals surface area contributed by atoms with Crippen molar-refractivity contribution in [3.63, 3.8) is 0 Å². The third kappa shape index (κ3) is 7.13. The number of aryl methyl sites for hydroxylation is 2. The number of carbonyl (C=O) groups is 2. The van der Waals surface area contributed by atoms with E-state index in [1.807, 2.05) is 71.5 Å². The van der Waals surface area contributed by atoms with Gasteiger partial charge in [-0.3, -0.25) is 9.36 Å². The maximum Gasteiger partial charge on any atom is 0.341 e. The molecule has 42 heavy (non-hydrogen) atoms. The number of nitrogens with one attached hydrogen (secondary N) is 1. The fraction of sp³-hybridized carbons (Fsp3) is 0.188. The molecule has 0 aliphatic rings. The Labute approximate surface area is 257 Å². The molecule has 0 fully saturated rings. The Bertz CT molecular complexity index is 1660. The third-order valence-corrected chi connectivity index (χ3v) is 9.15. The van der Waals surface area contributed by atoms with Gasteiger partial charge < -0.3 is 10.1 Å². The van der Waals surface area contributed by atoms with E-state index < -0.39 is 5.97 Å². The van der Waals surface area contributed by atoms with Gasteiger partial charge in [0.05, 0.1) is 18.1 Å². The molecule has 2 aromatic heterocycles. The molecule has 0 aliphatic heterocycles. The van der Waals surface area contributed by atoms with E-state index in [0.29, 0.717) is 21.5 Å². The van der Waals surface area contributed by atoms with Crippen molar-refractivity contribution in [2.75, 3.05) is 17.7 Å². The second kappa shape index (κ2) is 13.9. The van der Waals surface area contributed by atoms with Gasteiger partial charge >= 0.3 is 5.97 Å². The summed E-state index contributed by atoms with van der Waals surface area (Å²) in [6.07, 6.45) is 0. The van der Waals surface area contributed by atoms with Crippen molar-refractivity contribution in [1.29, 1.82) is 0 Å². The number of ether oxygens (including phenoxy) is 1. The quantitative estimate of drug-likeness (QED) is 0.120. The fourth-order valence-corrected chi connectivity index (χ4v) is 6.76. The molecule has 0 atom stereocenters. The van der Waals surface area contributed by atoms with E-state index in [-0.39, 0.29) is 18.3 Å². The van der Waals surface area contributed by atoms with E-state index in [1.165, 1.54) is 28.7 Å². The minimum Gasteiger partial charge on any atom is -0.462 e. The first-order valence-electron chi connectivity index (χ1n) is 13.4. The molecular formula is C32H30N4O3S3. The standard InChI is InChI=1S/C32H30N4O3S3/c1-4-39-31(38)29-26(23-14-10-21(2)11-15-23)18-41-30(29)33-28(37)20-42-32-35-34-27(36(32)24-8-6-5-7-9-24)19-40-25-16-12-22(3)13-17-25/h5-18H,4,19-20H2,1-3H3,(H,33,37). The van der Waals surface area contributed by atoms with Crippen molar-refractivity contribution in [3.05, 3.63) is 107 Å². The van der Waals surface area contributed by atoms with E-state index in [9.17, 15) is 9.59 Å². The summed E-state index contributed by atoms with van der Waals surface area (Å²) in [6.45, 7) is 6.09. The van der Waals surface area contributed by atoms with Crippen molar-refractivity contribution in [3.8, 4) is 16.8 Å². The Morgan fingerprint density at radius 2 is 1.60 bits per heavy atom. The molecule has 0 spiro atoms. The normalized spacial score (nSPS) is 10.9. The summed E-state index contributed by atoms with van der Waals surface area (Å²) in [7, 11) is 0. The summed E-state index contributed by atoms with van der Waals surface area (Å²) in [5.74, 6) is 0.798. The largest absolute Gasteiger partial charge is 0.462 e. The van der Waals surface area contributed by atoms with Crippen LogP contribution >= 0.6 is 34.9 Å². The van der Waals surface area contributed by atoms with Crippen LogP contribution in [0.3, 0.4) is 0 Å². The molecule has 214 valence electrons. The predicted molar refractivity (Wildman–Crippen MR) is 172 cm³/mol. The molecule has 0 radical (unpaired) electrons. The summed E-state index contributed by atoms with van der Waals surface area (Å²) in [5.41, 5.74) is 5.26. The van der Waals surface area contributed by atoms with E-state index in [0.717, 1.165) is 33.1 Å². The molecule has 5 rings (SSSR count). The first-order valence-corrected chi connectivity index (χ1v) is 16.3. The van der Waals surface area contributed by atoms with Gasteiger partial charge in [-0.1, -0.05) is 77.5 Å². The Hall–Kier alpha value is -3.86. The van der Waals surface area contributed by atoms with Crippen LogP contribution in [0.5, 0.6) is 0 Å². The van der Waals surface area contributed by atoms with E-state index in [1.54, 1.807) is 18.7 Å². The summed E-state index contributed by atoms with van der Waals surface area (Å²) in [5, 5.41) is 14.8. The molecule has 0 aliphatic carbocycles. The zero-order valence-electron chi connectivity index (χ0n) is 23.5. The number of anilines is 1. The number of hydrogen-bond donors (Lipinski definition) is 1. The van der Waals surface area contributed by atoms with Crippen molar-refractivity contribution in [1.82, 2.24) is 14.8 Å². The average molecular weight is 615 g/mol. The van der Waals surface area contributed by atoms with Gasteiger partial charge in [0.15, 0.2) is 5.16 Å². The molecule has 0 saturated carbocycles. The number of esters is 1. The van der Waals surface area contributed by atoms with Crippen molar-refractivity contribution in [2.45, 2.75) is 36.6 Å². The Balaban J connectivity index is 1.33. The number of rotatable bonds is 11. The van der Waals surface area contributed by atoms with Crippen LogP contribution in [-0.4, -0.2) is 39.0 Å². The summed E-state index contributed by atoms with van der Waals surface area (Å²) in [6, 6.07) is 26.2. The average Bonchev–Trinajstić information content (AvgIpc) is 3.61. The fourth-order valence-electron chi connectivity index (χ4n) is 4.20. The number of aromatic nitrogens is 3. The van der Waals surface area contributed by atoms with Crippen LogP contribution in [0.15, 0.2) is 94.3 Å². The molecule has 0 saturated heterocycles. The lowest BCUT2D eigenvalue weighted by Crippen LogP contribution is -2.17. The van der Waals surface area contributed by atoms with Crippen molar-refractivity contribution in [2.24, 2.45) is 0 Å². The molecule has 2 heterocycles.